The minimum absolute atomic E-state index is 0.0181. The second-order valence-electron chi connectivity index (χ2n) is 3.82. The van der Waals surface area contributed by atoms with Crippen LogP contribution in [0.15, 0.2) is 25.3 Å². The van der Waals surface area contributed by atoms with Crippen LogP contribution in [-0.2, 0) is 0 Å². The molecule has 0 aromatic heterocycles. The second-order valence-corrected chi connectivity index (χ2v) is 13.9. The Balaban J connectivity index is 0. The summed E-state index contributed by atoms with van der Waals surface area (Å²) in [4.78, 5) is -0.137. The molecule has 90 valence electrons. The molecule has 0 heterocycles. The van der Waals surface area contributed by atoms with Gasteiger partial charge in [-0.1, -0.05) is 25.2 Å². The average molecular weight is 304 g/mol. The van der Waals surface area contributed by atoms with Crippen LogP contribution in [0.1, 0.15) is 0 Å². The van der Waals surface area contributed by atoms with Crippen LogP contribution >= 0.6 is 34.3 Å². The van der Waals surface area contributed by atoms with Gasteiger partial charge in [0.2, 0.25) is 0 Å². The van der Waals surface area contributed by atoms with Crippen LogP contribution in [0.2, 0.25) is 31.2 Å². The Kier molecular flexibility index (Phi) is 13.6. The van der Waals surface area contributed by atoms with Crippen LogP contribution in [0.3, 0.4) is 0 Å². The van der Waals surface area contributed by atoms with Gasteiger partial charge in [0.25, 0.3) is 0 Å². The number of allylic oxidation sites excluding steroid dienone is 2. The Bertz CT molecular complexity index is 165. The largest absolute Gasteiger partial charge is 0.167 e. The van der Waals surface area contributed by atoms with Crippen LogP contribution in [-0.4, -0.2) is 21.7 Å². The molecule has 0 aromatic rings. The lowest BCUT2D eigenvalue weighted by atomic mass is 10.8. The molecule has 0 amide bonds. The SMILES string of the molecule is C=CC[SiH2]CC(Cl)Cl.C=CC[Si](C)(C)Cl. The first kappa shape index (κ1) is 18.2. The van der Waals surface area contributed by atoms with Crippen molar-refractivity contribution in [3.8, 4) is 0 Å². The summed E-state index contributed by atoms with van der Waals surface area (Å²) in [6.07, 6.45) is 3.82. The molecule has 0 bridgehead atoms. The number of halogens is 3. The van der Waals surface area contributed by atoms with Crippen LogP contribution in [0.25, 0.3) is 0 Å². The smallest absolute Gasteiger partial charge is 0.154 e. The van der Waals surface area contributed by atoms with Gasteiger partial charge in [0.05, 0.1) is 0 Å². The molecule has 0 spiro atoms. The molecule has 0 unspecified atom stereocenters. The van der Waals surface area contributed by atoms with E-state index in [9.17, 15) is 0 Å². The summed E-state index contributed by atoms with van der Waals surface area (Å²) in [7, 11) is -1.32. The number of rotatable bonds is 6. The highest BCUT2D eigenvalue weighted by atomic mass is 35.6. The van der Waals surface area contributed by atoms with Crippen molar-refractivity contribution in [2.75, 3.05) is 0 Å². The maximum atomic E-state index is 5.90. The van der Waals surface area contributed by atoms with E-state index in [1.165, 1.54) is 0 Å². The third-order valence-corrected chi connectivity index (χ3v) is 6.15. The summed E-state index contributed by atoms with van der Waals surface area (Å²) < 4.78 is 0. The van der Waals surface area contributed by atoms with E-state index in [-0.39, 0.29) is 14.4 Å². The van der Waals surface area contributed by atoms with Crippen LogP contribution < -0.4 is 0 Å². The number of hydrogen-bond donors (Lipinski definition) is 0. The maximum Gasteiger partial charge on any atom is 0.154 e. The zero-order valence-corrected chi connectivity index (χ0v) is 14.3. The summed E-state index contributed by atoms with van der Waals surface area (Å²) in [6, 6.07) is 3.17. The summed E-state index contributed by atoms with van der Waals surface area (Å²) in [5.74, 6) is 0. The lowest BCUT2D eigenvalue weighted by Crippen LogP contribution is -2.13. The van der Waals surface area contributed by atoms with Crippen molar-refractivity contribution in [1.82, 2.24) is 0 Å². The van der Waals surface area contributed by atoms with Crippen LogP contribution in [0.4, 0.5) is 0 Å². The van der Waals surface area contributed by atoms with Crippen molar-refractivity contribution in [3.63, 3.8) is 0 Å². The third kappa shape index (κ3) is 25.2. The minimum atomic E-state index is -1.30. The standard InChI is InChI=1S/C5H10Cl2Si.C5H11ClSi/c1-2-3-8-4-5(6)7;1-4-5-7(2,3)6/h2,5H,1,3-4,8H2;4H,1,5H2,2-3H3. The predicted octanol–water partition coefficient (Wildman–Crippen LogP) is 4.60. The second kappa shape index (κ2) is 11.3. The first-order valence-electron chi connectivity index (χ1n) is 5.02. The number of alkyl halides is 2. The molecule has 0 N–H and O–H groups in total. The van der Waals surface area contributed by atoms with E-state index in [0.29, 0.717) is 0 Å². The molecule has 0 radical (unpaired) electrons. The van der Waals surface area contributed by atoms with Gasteiger partial charge in [-0.3, -0.25) is 0 Å². The van der Waals surface area contributed by atoms with E-state index >= 15 is 0 Å². The van der Waals surface area contributed by atoms with Crippen molar-refractivity contribution < 1.29 is 0 Å². The Morgan fingerprint density at radius 2 is 1.80 bits per heavy atom. The van der Waals surface area contributed by atoms with Gasteiger partial charge in [0, 0.05) is 9.52 Å². The highest BCUT2D eigenvalue weighted by Crippen LogP contribution is 2.13. The average Bonchev–Trinajstić information content (AvgIpc) is 2.02. The van der Waals surface area contributed by atoms with Gasteiger partial charge in [-0.05, 0) is 18.1 Å². The lowest BCUT2D eigenvalue weighted by molar-refractivity contribution is 1.34. The molecule has 5 heteroatoms. The van der Waals surface area contributed by atoms with Crippen LogP contribution in [0.5, 0.6) is 0 Å². The van der Waals surface area contributed by atoms with E-state index in [1.54, 1.807) is 0 Å². The molecular formula is C10H21Cl3Si2. The third-order valence-electron chi connectivity index (χ3n) is 1.46. The van der Waals surface area contributed by atoms with E-state index in [2.05, 4.69) is 26.3 Å². The topological polar surface area (TPSA) is 0 Å². The molecule has 0 saturated carbocycles. The van der Waals surface area contributed by atoms with Gasteiger partial charge in [0.15, 0.2) is 7.38 Å². The molecule has 0 aliphatic rings. The fraction of sp³-hybridized carbons (Fsp3) is 0.600. The van der Waals surface area contributed by atoms with Crippen molar-refractivity contribution in [2.45, 2.75) is 36.1 Å². The van der Waals surface area contributed by atoms with Gasteiger partial charge in [-0.25, -0.2) is 0 Å². The molecule has 0 rings (SSSR count). The maximum absolute atomic E-state index is 5.90. The van der Waals surface area contributed by atoms with Gasteiger partial charge < -0.3 is 0 Å². The van der Waals surface area contributed by atoms with E-state index < -0.39 is 7.38 Å². The van der Waals surface area contributed by atoms with Crippen molar-refractivity contribution in [1.29, 1.82) is 0 Å². The zero-order chi connectivity index (χ0) is 12.3. The molecule has 0 aromatic carbocycles. The fourth-order valence-electron chi connectivity index (χ4n) is 0.760. The summed E-state index contributed by atoms with van der Waals surface area (Å²) in [6.45, 7) is 11.4. The Morgan fingerprint density at radius 3 is 2.00 bits per heavy atom. The Labute approximate surface area is 112 Å². The van der Waals surface area contributed by atoms with Crippen molar-refractivity contribution in [3.05, 3.63) is 25.3 Å². The van der Waals surface area contributed by atoms with Crippen molar-refractivity contribution >= 4 is 51.2 Å². The van der Waals surface area contributed by atoms with E-state index in [0.717, 1.165) is 18.1 Å². The molecule has 15 heavy (non-hydrogen) atoms. The van der Waals surface area contributed by atoms with E-state index in [4.69, 9.17) is 34.3 Å². The summed E-state index contributed by atoms with van der Waals surface area (Å²) in [5.41, 5.74) is 0. The normalized spacial score (nSPS) is 11.3. The molecule has 0 fully saturated rings. The first-order valence-corrected chi connectivity index (χ1v) is 12.1. The number of hydrogen-bond acceptors (Lipinski definition) is 0. The molecule has 0 atom stereocenters. The molecular weight excluding hydrogens is 283 g/mol. The van der Waals surface area contributed by atoms with Gasteiger partial charge in [0.1, 0.15) is 4.84 Å². The fourth-order valence-corrected chi connectivity index (χ4v) is 3.53. The molecule has 0 aliphatic heterocycles. The van der Waals surface area contributed by atoms with Gasteiger partial charge >= 0.3 is 0 Å². The Hall–Kier alpha value is 0.784. The lowest BCUT2D eigenvalue weighted by Gasteiger charge is -2.06. The Morgan fingerprint density at radius 1 is 1.27 bits per heavy atom. The summed E-state index contributed by atoms with van der Waals surface area (Å²) in [5, 5.41) is 0. The minimum Gasteiger partial charge on any atom is -0.167 e. The molecule has 0 nitrogen and oxygen atoms in total. The monoisotopic (exact) mass is 302 g/mol. The highest BCUT2D eigenvalue weighted by Gasteiger charge is 2.12. The molecule has 0 saturated heterocycles. The van der Waals surface area contributed by atoms with E-state index in [1.807, 2.05) is 12.2 Å². The van der Waals surface area contributed by atoms with Gasteiger partial charge in [-0.15, -0.1) is 36.4 Å². The van der Waals surface area contributed by atoms with Crippen molar-refractivity contribution in [2.24, 2.45) is 0 Å². The summed E-state index contributed by atoms with van der Waals surface area (Å²) >= 11 is 16.9. The first-order chi connectivity index (χ1) is 6.83. The zero-order valence-electron chi connectivity index (χ0n) is 9.61. The quantitative estimate of drug-likeness (QED) is 0.221. The predicted molar refractivity (Wildman–Crippen MR) is 82.2 cm³/mol. The highest BCUT2D eigenvalue weighted by molar-refractivity contribution is 7.19. The van der Waals surface area contributed by atoms with Gasteiger partial charge in [-0.2, -0.15) is 11.1 Å². The molecule has 0 aliphatic carbocycles. The van der Waals surface area contributed by atoms with Crippen LogP contribution in [0, 0.1) is 0 Å².